The number of ether oxygens (including phenoxy) is 2. The van der Waals surface area contributed by atoms with Crippen LogP contribution in [0.15, 0.2) is 36.4 Å². The van der Waals surface area contributed by atoms with E-state index in [1.165, 1.54) is 6.08 Å². The first-order valence-electron chi connectivity index (χ1n) is 10.00. The molecule has 4 rings (SSSR count). The molecule has 0 spiro atoms. The normalized spacial score (nSPS) is 15.5. The number of hydrogen-bond acceptors (Lipinski definition) is 4. The lowest BCUT2D eigenvalue weighted by atomic mass is 10.1. The van der Waals surface area contributed by atoms with E-state index in [4.69, 9.17) is 21.1 Å². The van der Waals surface area contributed by atoms with Gasteiger partial charge in [-0.15, -0.1) is 0 Å². The SMILES string of the molecule is Cc1c(NC(=O)/C=C/c2cc(Cl)c3c(c2)OCCO3)cccc1C(=O)N1CCCC1. The predicted octanol–water partition coefficient (Wildman–Crippen LogP) is 4.31. The molecule has 2 aliphatic rings. The summed E-state index contributed by atoms with van der Waals surface area (Å²) in [7, 11) is 0. The zero-order valence-corrected chi connectivity index (χ0v) is 17.5. The van der Waals surface area contributed by atoms with Crippen LogP contribution in [0.2, 0.25) is 5.02 Å². The van der Waals surface area contributed by atoms with E-state index >= 15 is 0 Å². The number of halogens is 1. The third kappa shape index (κ3) is 4.28. The van der Waals surface area contributed by atoms with E-state index in [1.54, 1.807) is 36.4 Å². The third-order valence-electron chi connectivity index (χ3n) is 5.26. The van der Waals surface area contributed by atoms with Gasteiger partial charge in [0.05, 0.1) is 5.02 Å². The van der Waals surface area contributed by atoms with E-state index in [0.717, 1.165) is 37.1 Å². The summed E-state index contributed by atoms with van der Waals surface area (Å²) in [6.45, 7) is 4.35. The van der Waals surface area contributed by atoms with Gasteiger partial charge in [0.2, 0.25) is 5.91 Å². The molecule has 6 nitrogen and oxygen atoms in total. The second-order valence-corrected chi connectivity index (χ2v) is 7.73. The minimum Gasteiger partial charge on any atom is -0.486 e. The molecule has 2 heterocycles. The molecule has 1 saturated heterocycles. The summed E-state index contributed by atoms with van der Waals surface area (Å²) >= 11 is 6.24. The molecule has 30 heavy (non-hydrogen) atoms. The van der Waals surface area contributed by atoms with Crippen LogP contribution in [0, 0.1) is 6.92 Å². The molecule has 2 aromatic carbocycles. The molecule has 0 bridgehead atoms. The van der Waals surface area contributed by atoms with Crippen molar-refractivity contribution in [2.24, 2.45) is 0 Å². The van der Waals surface area contributed by atoms with Crippen molar-refractivity contribution in [2.75, 3.05) is 31.6 Å². The van der Waals surface area contributed by atoms with E-state index in [0.29, 0.717) is 41.0 Å². The molecule has 1 N–H and O–H groups in total. The van der Waals surface area contributed by atoms with Gasteiger partial charge in [0.15, 0.2) is 11.5 Å². The number of rotatable bonds is 4. The Hall–Kier alpha value is -2.99. The van der Waals surface area contributed by atoms with Crippen molar-refractivity contribution in [3.8, 4) is 11.5 Å². The van der Waals surface area contributed by atoms with Gasteiger partial charge < -0.3 is 19.7 Å². The molecule has 0 saturated carbocycles. The van der Waals surface area contributed by atoms with Crippen molar-refractivity contribution in [3.63, 3.8) is 0 Å². The van der Waals surface area contributed by atoms with Gasteiger partial charge in [0.1, 0.15) is 13.2 Å². The summed E-state index contributed by atoms with van der Waals surface area (Å²) in [6, 6.07) is 8.89. The molecule has 0 unspecified atom stereocenters. The van der Waals surface area contributed by atoms with Crippen LogP contribution in [-0.4, -0.2) is 43.0 Å². The Kier molecular flexibility index (Phi) is 5.95. The van der Waals surface area contributed by atoms with Crippen molar-refractivity contribution in [3.05, 3.63) is 58.1 Å². The maximum Gasteiger partial charge on any atom is 0.254 e. The molecule has 0 aromatic heterocycles. The van der Waals surface area contributed by atoms with Crippen LogP contribution in [0.1, 0.15) is 34.3 Å². The predicted molar refractivity (Wildman–Crippen MR) is 116 cm³/mol. The highest BCUT2D eigenvalue weighted by molar-refractivity contribution is 6.32. The van der Waals surface area contributed by atoms with Gasteiger partial charge in [-0.2, -0.15) is 0 Å². The number of nitrogens with zero attached hydrogens (tertiary/aromatic N) is 1. The lowest BCUT2D eigenvalue weighted by molar-refractivity contribution is -0.111. The van der Waals surface area contributed by atoms with Crippen LogP contribution in [-0.2, 0) is 4.79 Å². The number of nitrogens with one attached hydrogen (secondary N) is 1. The highest BCUT2D eigenvalue weighted by atomic mass is 35.5. The number of carbonyl (C=O) groups is 2. The zero-order chi connectivity index (χ0) is 21.1. The van der Waals surface area contributed by atoms with Crippen LogP contribution in [0.3, 0.4) is 0 Å². The monoisotopic (exact) mass is 426 g/mol. The molecule has 2 amide bonds. The van der Waals surface area contributed by atoms with Gasteiger partial charge in [0, 0.05) is 30.4 Å². The molecule has 1 fully saturated rings. The summed E-state index contributed by atoms with van der Waals surface area (Å²) in [5.41, 5.74) is 2.74. The van der Waals surface area contributed by atoms with Gasteiger partial charge in [0.25, 0.3) is 5.91 Å². The lowest BCUT2D eigenvalue weighted by Gasteiger charge is -2.19. The number of carbonyl (C=O) groups excluding carboxylic acids is 2. The minimum atomic E-state index is -0.296. The number of benzene rings is 2. The van der Waals surface area contributed by atoms with Crippen LogP contribution >= 0.6 is 11.6 Å². The zero-order valence-electron chi connectivity index (χ0n) is 16.7. The first-order valence-corrected chi connectivity index (χ1v) is 10.4. The van der Waals surface area contributed by atoms with Crippen molar-refractivity contribution >= 4 is 35.2 Å². The molecule has 156 valence electrons. The van der Waals surface area contributed by atoms with E-state index in [1.807, 2.05) is 11.8 Å². The lowest BCUT2D eigenvalue weighted by Crippen LogP contribution is -2.28. The van der Waals surface area contributed by atoms with E-state index < -0.39 is 0 Å². The van der Waals surface area contributed by atoms with Crippen LogP contribution in [0.4, 0.5) is 5.69 Å². The van der Waals surface area contributed by atoms with Crippen molar-refractivity contribution < 1.29 is 19.1 Å². The van der Waals surface area contributed by atoms with Gasteiger partial charge in [-0.3, -0.25) is 9.59 Å². The Morgan fingerprint density at radius 1 is 1.13 bits per heavy atom. The largest absolute Gasteiger partial charge is 0.486 e. The van der Waals surface area contributed by atoms with Gasteiger partial charge in [-0.05, 0) is 61.2 Å². The van der Waals surface area contributed by atoms with Crippen LogP contribution in [0.5, 0.6) is 11.5 Å². The fourth-order valence-electron chi connectivity index (χ4n) is 3.67. The Bertz CT molecular complexity index is 1010. The molecule has 2 aromatic rings. The highest BCUT2D eigenvalue weighted by Gasteiger charge is 2.22. The number of hydrogen-bond donors (Lipinski definition) is 1. The van der Waals surface area contributed by atoms with Crippen molar-refractivity contribution in [1.29, 1.82) is 0 Å². The van der Waals surface area contributed by atoms with Gasteiger partial charge in [-0.25, -0.2) is 0 Å². The smallest absolute Gasteiger partial charge is 0.254 e. The highest BCUT2D eigenvalue weighted by Crippen LogP contribution is 2.38. The maximum absolute atomic E-state index is 12.7. The van der Waals surface area contributed by atoms with Crippen molar-refractivity contribution in [1.82, 2.24) is 4.90 Å². The van der Waals surface area contributed by atoms with E-state index in [9.17, 15) is 9.59 Å². The van der Waals surface area contributed by atoms with E-state index in [2.05, 4.69) is 5.32 Å². The van der Waals surface area contributed by atoms with Crippen molar-refractivity contribution in [2.45, 2.75) is 19.8 Å². The fourth-order valence-corrected chi connectivity index (χ4v) is 3.94. The molecule has 7 heteroatoms. The van der Waals surface area contributed by atoms with Gasteiger partial charge >= 0.3 is 0 Å². The minimum absolute atomic E-state index is 0.0163. The Morgan fingerprint density at radius 2 is 1.90 bits per heavy atom. The average molecular weight is 427 g/mol. The number of amides is 2. The van der Waals surface area contributed by atoms with Crippen LogP contribution in [0.25, 0.3) is 6.08 Å². The summed E-state index contributed by atoms with van der Waals surface area (Å²) in [5.74, 6) is 0.815. The number of fused-ring (bicyclic) bond motifs is 1. The summed E-state index contributed by atoms with van der Waals surface area (Å²) in [4.78, 5) is 27.1. The standard InChI is InChI=1S/C23H23ClN2O4/c1-15-17(23(28)26-9-2-3-10-26)5-4-6-19(15)25-21(27)8-7-16-13-18(24)22-20(14-16)29-11-12-30-22/h4-8,13-14H,2-3,9-12H2,1H3,(H,25,27)/b8-7+. The van der Waals surface area contributed by atoms with Crippen LogP contribution < -0.4 is 14.8 Å². The Labute approximate surface area is 180 Å². The fraction of sp³-hybridized carbons (Fsp3) is 0.304. The molecule has 0 radical (unpaired) electrons. The van der Waals surface area contributed by atoms with E-state index in [-0.39, 0.29) is 11.8 Å². The third-order valence-corrected chi connectivity index (χ3v) is 5.54. The molecule has 2 aliphatic heterocycles. The molecule has 0 aliphatic carbocycles. The molecule has 0 atom stereocenters. The average Bonchev–Trinajstić information content (AvgIpc) is 3.28. The maximum atomic E-state index is 12.7. The summed E-state index contributed by atoms with van der Waals surface area (Å²) in [6.07, 6.45) is 5.16. The van der Waals surface area contributed by atoms with Gasteiger partial charge in [-0.1, -0.05) is 17.7 Å². The second kappa shape index (κ2) is 8.79. The first-order chi connectivity index (χ1) is 14.5. The topological polar surface area (TPSA) is 67.9 Å². The first kappa shape index (κ1) is 20.3. The molecular formula is C23H23ClN2O4. The molecular weight excluding hydrogens is 404 g/mol. The Balaban J connectivity index is 1.47. The number of likely N-dealkylation sites (tertiary alicyclic amines) is 1. The number of anilines is 1. The summed E-state index contributed by atoms with van der Waals surface area (Å²) in [5, 5.41) is 3.30. The second-order valence-electron chi connectivity index (χ2n) is 7.33. The summed E-state index contributed by atoms with van der Waals surface area (Å²) < 4.78 is 11.1. The Morgan fingerprint density at radius 3 is 2.70 bits per heavy atom. The quantitative estimate of drug-likeness (QED) is 0.740.